The van der Waals surface area contributed by atoms with Gasteiger partial charge < -0.3 is 10.2 Å². The summed E-state index contributed by atoms with van der Waals surface area (Å²) in [6.07, 6.45) is 8.52. The van der Waals surface area contributed by atoms with E-state index in [1.807, 2.05) is 11.0 Å². The van der Waals surface area contributed by atoms with Crippen LogP contribution in [0.3, 0.4) is 0 Å². The molecule has 4 aliphatic carbocycles. The van der Waals surface area contributed by atoms with E-state index in [1.165, 1.54) is 44.1 Å². The van der Waals surface area contributed by atoms with Crippen LogP contribution in [0.2, 0.25) is 0 Å². The monoisotopic (exact) mass is 487 g/mol. The summed E-state index contributed by atoms with van der Waals surface area (Å²) >= 11 is 3.62. The average molecular weight is 488 g/mol. The second kappa shape index (κ2) is 8.86. The minimum absolute atomic E-state index is 0.0550. The minimum atomic E-state index is 0.0550. The van der Waals surface area contributed by atoms with Crippen LogP contribution in [-0.2, 0) is 16.1 Å². The standard InChI is InChI=1S/C25H34BrN3O2/c26-22-4-2-1-3-21(22)17-28-5-7-29(8-6-28)24(31)16-27-23(30)15-25-12-18-9-19(13-25)11-20(10-18)14-25/h1-4,18-20H,5-17H2,(H,27,30). The molecular formula is C25H34BrN3O2. The van der Waals surface area contributed by atoms with Crippen molar-refractivity contribution in [1.82, 2.24) is 15.1 Å². The Bertz CT molecular complexity index is 799. The molecule has 0 spiro atoms. The number of nitrogens with zero attached hydrogens (tertiary/aromatic N) is 2. The molecule has 1 N–H and O–H groups in total. The molecule has 5 nitrogen and oxygen atoms in total. The number of amides is 2. The third kappa shape index (κ3) is 4.85. The zero-order valence-corrected chi connectivity index (χ0v) is 19.9. The van der Waals surface area contributed by atoms with Crippen LogP contribution in [-0.4, -0.2) is 54.3 Å². The van der Waals surface area contributed by atoms with Gasteiger partial charge in [-0.25, -0.2) is 0 Å². The summed E-state index contributed by atoms with van der Waals surface area (Å²) < 4.78 is 1.13. The van der Waals surface area contributed by atoms with Gasteiger partial charge in [-0.3, -0.25) is 14.5 Å². The molecule has 1 saturated heterocycles. The number of halogens is 1. The molecule has 168 valence electrons. The van der Waals surface area contributed by atoms with E-state index < -0.39 is 0 Å². The van der Waals surface area contributed by atoms with Crippen LogP contribution in [0.15, 0.2) is 28.7 Å². The Morgan fingerprint density at radius 2 is 1.58 bits per heavy atom. The number of benzene rings is 1. The van der Waals surface area contributed by atoms with Crippen LogP contribution in [0.1, 0.15) is 50.5 Å². The molecule has 1 aliphatic heterocycles. The van der Waals surface area contributed by atoms with Gasteiger partial charge in [0.2, 0.25) is 11.8 Å². The number of nitrogens with one attached hydrogen (secondary N) is 1. The molecule has 0 unspecified atom stereocenters. The van der Waals surface area contributed by atoms with Gasteiger partial charge in [0.05, 0.1) is 6.54 Å². The van der Waals surface area contributed by atoms with Crippen LogP contribution >= 0.6 is 15.9 Å². The number of hydrogen-bond acceptors (Lipinski definition) is 3. The molecule has 0 atom stereocenters. The molecule has 1 heterocycles. The highest BCUT2D eigenvalue weighted by molar-refractivity contribution is 9.10. The lowest BCUT2D eigenvalue weighted by atomic mass is 9.49. The van der Waals surface area contributed by atoms with Gasteiger partial charge in [0.15, 0.2) is 0 Å². The lowest BCUT2D eigenvalue weighted by molar-refractivity contribution is -0.136. The summed E-state index contributed by atoms with van der Waals surface area (Å²) in [5.41, 5.74) is 1.51. The Hall–Kier alpha value is -1.40. The average Bonchev–Trinajstić information content (AvgIpc) is 2.73. The fourth-order valence-electron chi connectivity index (χ4n) is 7.22. The van der Waals surface area contributed by atoms with Crippen LogP contribution in [0.5, 0.6) is 0 Å². The Labute approximate surface area is 194 Å². The van der Waals surface area contributed by atoms with Gasteiger partial charge in [0.25, 0.3) is 0 Å². The topological polar surface area (TPSA) is 52.7 Å². The van der Waals surface area contributed by atoms with Gasteiger partial charge in [-0.15, -0.1) is 0 Å². The summed E-state index contributed by atoms with van der Waals surface area (Å²) in [5, 5.41) is 2.96. The molecule has 0 radical (unpaired) electrons. The van der Waals surface area contributed by atoms with Gasteiger partial charge in [-0.1, -0.05) is 34.1 Å². The highest BCUT2D eigenvalue weighted by atomic mass is 79.9. The molecule has 6 rings (SSSR count). The second-order valence-electron chi connectivity index (χ2n) is 10.6. The third-order valence-corrected chi connectivity index (χ3v) is 8.99. The molecule has 31 heavy (non-hydrogen) atoms. The molecule has 5 aliphatic rings. The van der Waals surface area contributed by atoms with Crippen molar-refractivity contribution in [2.45, 2.75) is 51.5 Å². The van der Waals surface area contributed by atoms with Crippen molar-refractivity contribution in [3.05, 3.63) is 34.3 Å². The van der Waals surface area contributed by atoms with Crippen molar-refractivity contribution in [2.24, 2.45) is 23.2 Å². The molecule has 0 aromatic heterocycles. The van der Waals surface area contributed by atoms with Gasteiger partial charge in [-0.05, 0) is 73.3 Å². The van der Waals surface area contributed by atoms with E-state index in [9.17, 15) is 9.59 Å². The Balaban J connectivity index is 1.05. The molecule has 2 amide bonds. The maximum absolute atomic E-state index is 12.7. The number of carbonyl (C=O) groups excluding carboxylic acids is 2. The maximum atomic E-state index is 12.7. The molecule has 5 fully saturated rings. The normalized spacial score (nSPS) is 32.3. The van der Waals surface area contributed by atoms with Crippen molar-refractivity contribution < 1.29 is 9.59 Å². The summed E-state index contributed by atoms with van der Waals surface area (Å²) in [6, 6.07) is 8.30. The number of hydrogen-bond donors (Lipinski definition) is 1. The number of rotatable bonds is 6. The van der Waals surface area contributed by atoms with Crippen molar-refractivity contribution in [2.75, 3.05) is 32.7 Å². The van der Waals surface area contributed by atoms with E-state index in [4.69, 9.17) is 0 Å². The summed E-state index contributed by atoms with van der Waals surface area (Å²) in [6.45, 7) is 4.24. The Morgan fingerprint density at radius 3 is 2.19 bits per heavy atom. The SMILES string of the molecule is O=C(CC12CC3CC(CC(C3)C1)C2)NCC(=O)N1CCN(Cc2ccccc2Br)CC1. The highest BCUT2D eigenvalue weighted by Crippen LogP contribution is 2.61. The molecule has 6 heteroatoms. The molecular weight excluding hydrogens is 454 g/mol. The van der Waals surface area contributed by atoms with Crippen LogP contribution < -0.4 is 5.32 Å². The maximum Gasteiger partial charge on any atom is 0.242 e. The lowest BCUT2D eigenvalue weighted by Crippen LogP contribution is -2.51. The first-order valence-corrected chi connectivity index (χ1v) is 12.8. The molecule has 1 aromatic rings. The quantitative estimate of drug-likeness (QED) is 0.663. The summed E-state index contributed by atoms with van der Waals surface area (Å²) in [4.78, 5) is 29.7. The van der Waals surface area contributed by atoms with Crippen molar-refractivity contribution in [1.29, 1.82) is 0 Å². The first kappa shape index (κ1) is 21.4. The van der Waals surface area contributed by atoms with Crippen molar-refractivity contribution in [3.8, 4) is 0 Å². The third-order valence-electron chi connectivity index (χ3n) is 8.21. The van der Waals surface area contributed by atoms with Gasteiger partial charge >= 0.3 is 0 Å². The summed E-state index contributed by atoms with van der Waals surface area (Å²) in [5.74, 6) is 2.71. The van der Waals surface area contributed by atoms with E-state index >= 15 is 0 Å². The van der Waals surface area contributed by atoms with E-state index in [1.54, 1.807) is 0 Å². The largest absolute Gasteiger partial charge is 0.347 e. The fraction of sp³-hybridized carbons (Fsp3) is 0.680. The van der Waals surface area contributed by atoms with Crippen molar-refractivity contribution in [3.63, 3.8) is 0 Å². The lowest BCUT2D eigenvalue weighted by Gasteiger charge is -2.56. The predicted molar refractivity (Wildman–Crippen MR) is 124 cm³/mol. The van der Waals surface area contributed by atoms with Gasteiger partial charge in [0, 0.05) is 43.6 Å². The van der Waals surface area contributed by atoms with Crippen LogP contribution in [0.25, 0.3) is 0 Å². The first-order chi connectivity index (χ1) is 15.0. The highest BCUT2D eigenvalue weighted by Gasteiger charge is 2.51. The van der Waals surface area contributed by atoms with Gasteiger partial charge in [0.1, 0.15) is 0 Å². The minimum Gasteiger partial charge on any atom is -0.347 e. The zero-order chi connectivity index (χ0) is 21.4. The van der Waals surface area contributed by atoms with E-state index in [-0.39, 0.29) is 23.8 Å². The van der Waals surface area contributed by atoms with Gasteiger partial charge in [-0.2, -0.15) is 0 Å². The number of piperazine rings is 1. The van der Waals surface area contributed by atoms with E-state index in [2.05, 4.69) is 44.3 Å². The van der Waals surface area contributed by atoms with Crippen LogP contribution in [0, 0.1) is 23.2 Å². The number of carbonyl (C=O) groups is 2. The molecule has 4 bridgehead atoms. The second-order valence-corrected chi connectivity index (χ2v) is 11.5. The Morgan fingerprint density at radius 1 is 0.968 bits per heavy atom. The van der Waals surface area contributed by atoms with Crippen molar-refractivity contribution >= 4 is 27.7 Å². The summed E-state index contributed by atoms with van der Waals surface area (Å²) in [7, 11) is 0. The van der Waals surface area contributed by atoms with Crippen LogP contribution in [0.4, 0.5) is 0 Å². The Kier molecular flexibility index (Phi) is 6.13. The molecule has 1 aromatic carbocycles. The fourth-order valence-corrected chi connectivity index (χ4v) is 7.63. The first-order valence-electron chi connectivity index (χ1n) is 12.0. The van der Waals surface area contributed by atoms with E-state index in [0.29, 0.717) is 6.42 Å². The zero-order valence-electron chi connectivity index (χ0n) is 18.3. The smallest absolute Gasteiger partial charge is 0.242 e. The predicted octanol–water partition coefficient (Wildman–Crippen LogP) is 3.82. The van der Waals surface area contributed by atoms with E-state index in [0.717, 1.165) is 55.0 Å². The molecule has 4 saturated carbocycles.